The third-order valence-electron chi connectivity index (χ3n) is 4.67. The first-order chi connectivity index (χ1) is 12.1. The molecule has 126 valence electrons. The number of para-hydroxylation sites is 1. The van der Waals surface area contributed by atoms with Gasteiger partial charge >= 0.3 is 0 Å². The van der Waals surface area contributed by atoms with Gasteiger partial charge < -0.3 is 15.0 Å². The van der Waals surface area contributed by atoms with E-state index in [-0.39, 0.29) is 23.9 Å². The smallest absolute Gasteiger partial charge is 0.267 e. The fourth-order valence-electron chi connectivity index (χ4n) is 3.50. The van der Waals surface area contributed by atoms with Gasteiger partial charge in [-0.05, 0) is 42.7 Å². The Balaban J connectivity index is 1.78. The van der Waals surface area contributed by atoms with Crippen LogP contribution in [-0.4, -0.2) is 20.6 Å². The maximum absolute atomic E-state index is 12.9. The van der Waals surface area contributed by atoms with Crippen LogP contribution in [0.15, 0.2) is 47.5 Å². The number of hydrogen-bond donors (Lipinski definition) is 2. The summed E-state index contributed by atoms with van der Waals surface area (Å²) >= 11 is 0. The van der Waals surface area contributed by atoms with Crippen molar-refractivity contribution in [2.75, 3.05) is 0 Å². The van der Waals surface area contributed by atoms with Gasteiger partial charge in [0, 0.05) is 30.4 Å². The second kappa shape index (κ2) is 5.73. The molecule has 0 radical (unpaired) electrons. The molecule has 0 saturated heterocycles. The summed E-state index contributed by atoms with van der Waals surface area (Å²) in [7, 11) is 0. The van der Waals surface area contributed by atoms with Gasteiger partial charge in [-0.3, -0.25) is 14.6 Å². The number of nitrogens with zero attached hydrogens (tertiary/aromatic N) is 2. The third-order valence-corrected chi connectivity index (χ3v) is 4.67. The summed E-state index contributed by atoms with van der Waals surface area (Å²) in [6, 6.07) is 9.04. The quantitative estimate of drug-likeness (QED) is 0.768. The van der Waals surface area contributed by atoms with Gasteiger partial charge in [0.1, 0.15) is 11.3 Å². The molecule has 2 aromatic heterocycles. The van der Waals surface area contributed by atoms with Crippen LogP contribution in [0.25, 0.3) is 10.9 Å². The van der Waals surface area contributed by atoms with E-state index in [4.69, 9.17) is 0 Å². The van der Waals surface area contributed by atoms with Crippen molar-refractivity contribution in [2.24, 2.45) is 0 Å². The molecule has 1 aromatic carbocycles. The summed E-state index contributed by atoms with van der Waals surface area (Å²) in [5.41, 5.74) is 1.95. The molecule has 1 aliphatic rings. The van der Waals surface area contributed by atoms with Crippen molar-refractivity contribution >= 4 is 16.8 Å². The minimum absolute atomic E-state index is 0.0419. The zero-order valence-corrected chi connectivity index (χ0v) is 13.7. The lowest BCUT2D eigenvalue weighted by Gasteiger charge is -2.14. The number of hydrogen-bond acceptors (Lipinski definition) is 4. The Morgan fingerprint density at radius 2 is 2.08 bits per heavy atom. The van der Waals surface area contributed by atoms with Crippen LogP contribution in [0.5, 0.6) is 5.75 Å². The summed E-state index contributed by atoms with van der Waals surface area (Å²) in [5, 5.41) is 13.8. The first kappa shape index (κ1) is 15.4. The maximum atomic E-state index is 12.9. The molecule has 0 bridgehead atoms. The van der Waals surface area contributed by atoms with Gasteiger partial charge in [0.2, 0.25) is 0 Å². The van der Waals surface area contributed by atoms with Crippen molar-refractivity contribution < 1.29 is 9.90 Å². The molecule has 3 heterocycles. The molecular weight excluding hydrogens is 318 g/mol. The maximum Gasteiger partial charge on any atom is 0.267 e. The molecular formula is C19H17N3O3. The van der Waals surface area contributed by atoms with E-state index in [0.717, 1.165) is 16.6 Å². The second-order valence-corrected chi connectivity index (χ2v) is 6.30. The number of aromatic nitrogens is 2. The molecule has 1 aliphatic heterocycles. The number of aromatic hydroxyl groups is 1. The molecule has 0 saturated carbocycles. The average Bonchev–Trinajstić information content (AvgIpc) is 2.96. The normalized spacial score (nSPS) is 15.5. The molecule has 1 unspecified atom stereocenters. The number of carbonyl (C=O) groups excluding carboxylic acids is 1. The summed E-state index contributed by atoms with van der Waals surface area (Å²) in [6.45, 7) is 2.20. The van der Waals surface area contributed by atoms with Gasteiger partial charge in [0.15, 0.2) is 0 Å². The van der Waals surface area contributed by atoms with Crippen molar-refractivity contribution in [1.29, 1.82) is 0 Å². The number of carbonyl (C=O) groups is 1. The summed E-state index contributed by atoms with van der Waals surface area (Å²) in [6.07, 6.45) is 3.98. The Bertz CT molecular complexity index is 1040. The minimum Gasteiger partial charge on any atom is -0.506 e. The van der Waals surface area contributed by atoms with Gasteiger partial charge in [-0.2, -0.15) is 0 Å². The van der Waals surface area contributed by atoms with E-state index in [1.807, 2.05) is 19.1 Å². The predicted molar refractivity (Wildman–Crippen MR) is 93.7 cm³/mol. The Morgan fingerprint density at radius 1 is 1.32 bits per heavy atom. The highest BCUT2D eigenvalue weighted by atomic mass is 16.3. The second-order valence-electron chi connectivity index (χ2n) is 6.30. The van der Waals surface area contributed by atoms with Crippen LogP contribution in [0.2, 0.25) is 0 Å². The van der Waals surface area contributed by atoms with Crippen molar-refractivity contribution in [3.63, 3.8) is 0 Å². The number of amides is 1. The summed E-state index contributed by atoms with van der Waals surface area (Å²) in [5.74, 6) is -0.825. The molecule has 25 heavy (non-hydrogen) atoms. The highest BCUT2D eigenvalue weighted by Crippen LogP contribution is 2.35. The molecule has 2 N–H and O–H groups in total. The van der Waals surface area contributed by atoms with Crippen molar-refractivity contribution in [2.45, 2.75) is 25.9 Å². The van der Waals surface area contributed by atoms with E-state index in [2.05, 4.69) is 10.3 Å². The van der Waals surface area contributed by atoms with E-state index in [1.54, 1.807) is 35.2 Å². The molecule has 4 rings (SSSR count). The number of benzene rings is 1. The van der Waals surface area contributed by atoms with Crippen LogP contribution in [0.1, 0.15) is 34.5 Å². The van der Waals surface area contributed by atoms with Crippen LogP contribution >= 0.6 is 0 Å². The van der Waals surface area contributed by atoms with Gasteiger partial charge in [0.25, 0.3) is 11.5 Å². The monoisotopic (exact) mass is 335 g/mol. The SMILES string of the molecule is CC1Cc2cccc3c(O)c(C(=O)NCc4ccncc4)c(=O)n1c23. The third kappa shape index (κ3) is 2.38. The highest BCUT2D eigenvalue weighted by Gasteiger charge is 2.29. The van der Waals surface area contributed by atoms with E-state index < -0.39 is 11.5 Å². The van der Waals surface area contributed by atoms with E-state index in [0.29, 0.717) is 11.8 Å². The van der Waals surface area contributed by atoms with Crippen molar-refractivity contribution in [1.82, 2.24) is 14.9 Å². The van der Waals surface area contributed by atoms with Gasteiger partial charge in [-0.1, -0.05) is 12.1 Å². The van der Waals surface area contributed by atoms with E-state index in [9.17, 15) is 14.7 Å². The molecule has 6 nitrogen and oxygen atoms in total. The first-order valence-electron chi connectivity index (χ1n) is 8.14. The van der Waals surface area contributed by atoms with Crippen LogP contribution in [0.3, 0.4) is 0 Å². The predicted octanol–water partition coefficient (Wildman–Crippen LogP) is 2.15. The fourth-order valence-corrected chi connectivity index (χ4v) is 3.50. The Morgan fingerprint density at radius 3 is 2.84 bits per heavy atom. The number of pyridine rings is 2. The number of rotatable bonds is 3. The molecule has 6 heteroatoms. The molecule has 0 spiro atoms. The van der Waals surface area contributed by atoms with Gasteiger partial charge in [-0.25, -0.2) is 0 Å². The van der Waals surface area contributed by atoms with Crippen LogP contribution < -0.4 is 10.9 Å². The molecule has 1 amide bonds. The fraction of sp³-hybridized carbons (Fsp3) is 0.211. The van der Waals surface area contributed by atoms with Crippen molar-refractivity contribution in [3.8, 4) is 5.75 Å². The Labute approximate surface area is 143 Å². The Kier molecular flexibility index (Phi) is 3.53. The van der Waals surface area contributed by atoms with E-state index >= 15 is 0 Å². The van der Waals surface area contributed by atoms with Crippen LogP contribution in [0.4, 0.5) is 0 Å². The molecule has 0 fully saturated rings. The lowest BCUT2D eigenvalue weighted by Crippen LogP contribution is -2.33. The Hall–Kier alpha value is -3.15. The van der Waals surface area contributed by atoms with Gasteiger partial charge in [-0.15, -0.1) is 0 Å². The topological polar surface area (TPSA) is 84.2 Å². The highest BCUT2D eigenvalue weighted by molar-refractivity contribution is 6.03. The lowest BCUT2D eigenvalue weighted by atomic mass is 10.1. The summed E-state index contributed by atoms with van der Waals surface area (Å²) in [4.78, 5) is 29.4. The molecule has 3 aromatic rings. The van der Waals surface area contributed by atoms with Crippen LogP contribution in [0, 0.1) is 0 Å². The standard InChI is InChI=1S/C19H17N3O3/c1-11-9-13-3-2-4-14-16(13)22(11)19(25)15(17(14)23)18(24)21-10-12-5-7-20-8-6-12/h2-8,11,23H,9-10H2,1H3,(H,21,24). The van der Waals surface area contributed by atoms with Crippen LogP contribution in [-0.2, 0) is 13.0 Å². The average molecular weight is 335 g/mol. The minimum atomic E-state index is -0.575. The molecule has 0 aliphatic carbocycles. The zero-order valence-electron chi connectivity index (χ0n) is 13.7. The summed E-state index contributed by atoms with van der Waals surface area (Å²) < 4.78 is 1.62. The van der Waals surface area contributed by atoms with Gasteiger partial charge in [0.05, 0.1) is 5.52 Å². The number of nitrogens with one attached hydrogen (secondary N) is 1. The largest absolute Gasteiger partial charge is 0.506 e. The first-order valence-corrected chi connectivity index (χ1v) is 8.14. The zero-order chi connectivity index (χ0) is 17.6. The van der Waals surface area contributed by atoms with E-state index in [1.165, 1.54) is 0 Å². The lowest BCUT2D eigenvalue weighted by molar-refractivity contribution is 0.0946. The van der Waals surface area contributed by atoms with Crippen molar-refractivity contribution in [3.05, 3.63) is 69.8 Å². The molecule has 1 atom stereocenters.